The number of allylic oxidation sites excluding steroid dienone is 3. The molecule has 1 unspecified atom stereocenters. The SMILES string of the molecule is CCc1ccc(C2=CC(c3ccccc3)=CC(c3ccc(CC)cc3)=S2O[Cl+3]([O-])([O-])[O-])cc1. The predicted molar refractivity (Wildman–Crippen MR) is 127 cm³/mol. The van der Waals surface area contributed by atoms with Crippen molar-refractivity contribution in [3.05, 3.63) is 119 Å². The van der Waals surface area contributed by atoms with E-state index in [1.165, 1.54) is 11.1 Å². The average molecular weight is 481 g/mol. The van der Waals surface area contributed by atoms with Crippen molar-refractivity contribution in [1.29, 1.82) is 0 Å². The highest BCUT2D eigenvalue weighted by molar-refractivity contribution is 8.20. The van der Waals surface area contributed by atoms with Gasteiger partial charge in [0.15, 0.2) is 0 Å². The van der Waals surface area contributed by atoms with E-state index in [2.05, 4.69) is 13.8 Å². The van der Waals surface area contributed by atoms with Gasteiger partial charge in [-0.15, -0.1) is 0 Å². The third-order valence-electron chi connectivity index (χ3n) is 5.51. The molecule has 1 aliphatic rings. The van der Waals surface area contributed by atoms with Crippen LogP contribution in [0.25, 0.3) is 10.5 Å². The molecular weight excluding hydrogens is 456 g/mol. The van der Waals surface area contributed by atoms with Crippen LogP contribution < -0.4 is 14.0 Å². The normalized spacial score (nSPS) is 16.4. The van der Waals surface area contributed by atoms with Gasteiger partial charge >= 0.3 is 0 Å². The van der Waals surface area contributed by atoms with Gasteiger partial charge in [-0.25, -0.2) is 0 Å². The second-order valence-corrected chi connectivity index (χ2v) is 10.3. The first-order valence-corrected chi connectivity index (χ1v) is 13.2. The van der Waals surface area contributed by atoms with E-state index in [1.54, 1.807) is 0 Å². The quantitative estimate of drug-likeness (QED) is 0.484. The largest absolute Gasteiger partial charge is 0.182 e. The Kier molecular flexibility index (Phi) is 7.29. The molecule has 3 aromatic rings. The second kappa shape index (κ2) is 10.2. The molecule has 1 aliphatic heterocycles. The summed E-state index contributed by atoms with van der Waals surface area (Å²) in [5.74, 6) is 0. The summed E-state index contributed by atoms with van der Waals surface area (Å²) in [5, 5.41) is 0. The lowest BCUT2D eigenvalue weighted by atomic mass is 9.99. The number of rotatable bonds is 7. The van der Waals surface area contributed by atoms with Gasteiger partial charge in [0.05, 0.1) is 20.0 Å². The predicted octanol–water partition coefficient (Wildman–Crippen LogP) is 3.57. The topological polar surface area (TPSA) is 78.4 Å². The van der Waals surface area contributed by atoms with E-state index in [0.717, 1.165) is 35.1 Å². The summed E-state index contributed by atoms with van der Waals surface area (Å²) in [6.07, 6.45) is 5.63. The van der Waals surface area contributed by atoms with Gasteiger partial charge in [-0.1, -0.05) is 92.7 Å². The Morgan fingerprint density at radius 1 is 0.667 bits per heavy atom. The van der Waals surface area contributed by atoms with Crippen molar-refractivity contribution in [2.75, 3.05) is 0 Å². The van der Waals surface area contributed by atoms with Gasteiger partial charge in [0.1, 0.15) is 14.5 Å². The first-order chi connectivity index (χ1) is 15.9. The van der Waals surface area contributed by atoms with Crippen LogP contribution in [-0.2, 0) is 16.6 Å². The summed E-state index contributed by atoms with van der Waals surface area (Å²) in [5.41, 5.74) is 5.89. The summed E-state index contributed by atoms with van der Waals surface area (Å²) >= 11 is 0. The van der Waals surface area contributed by atoms with Crippen LogP contribution in [0.5, 0.6) is 0 Å². The van der Waals surface area contributed by atoms with Crippen molar-refractivity contribution >= 4 is 26.1 Å². The third-order valence-corrected chi connectivity index (χ3v) is 8.14. The zero-order valence-corrected chi connectivity index (χ0v) is 20.1. The van der Waals surface area contributed by atoms with E-state index in [1.807, 2.05) is 91.0 Å². The summed E-state index contributed by atoms with van der Waals surface area (Å²) in [7, 11) is -6.05. The zero-order chi connectivity index (χ0) is 23.4. The summed E-state index contributed by atoms with van der Waals surface area (Å²) in [6, 6.07) is 25.7. The van der Waals surface area contributed by atoms with E-state index in [0.29, 0.717) is 9.77 Å². The molecule has 0 N–H and O–H groups in total. The molecule has 0 radical (unpaired) electrons. The number of benzene rings is 3. The van der Waals surface area contributed by atoms with Gasteiger partial charge in [0.25, 0.3) is 0 Å². The van der Waals surface area contributed by atoms with Crippen LogP contribution in [0, 0.1) is 10.2 Å². The summed E-state index contributed by atoms with van der Waals surface area (Å²) < 4.78 is 40.4. The lowest BCUT2D eigenvalue weighted by Gasteiger charge is -2.22. The van der Waals surface area contributed by atoms with Crippen LogP contribution in [0.3, 0.4) is 0 Å². The fraction of sp³-hybridized carbons (Fsp3) is 0.148. The van der Waals surface area contributed by atoms with Gasteiger partial charge in [0, 0.05) is 0 Å². The Labute approximate surface area is 199 Å². The molecular formula is C27H25ClO4S. The second-order valence-electron chi connectivity index (χ2n) is 7.65. The van der Waals surface area contributed by atoms with E-state index in [-0.39, 0.29) is 0 Å². The highest BCUT2D eigenvalue weighted by atomic mass is 35.7. The minimum atomic E-state index is -4.63. The maximum absolute atomic E-state index is 11.7. The van der Waals surface area contributed by atoms with E-state index in [9.17, 15) is 14.0 Å². The summed E-state index contributed by atoms with van der Waals surface area (Å²) in [6.45, 7) is 4.15. The molecule has 4 nitrogen and oxygen atoms in total. The van der Waals surface area contributed by atoms with E-state index < -0.39 is 21.0 Å². The Morgan fingerprint density at radius 2 is 1.21 bits per heavy atom. The zero-order valence-electron chi connectivity index (χ0n) is 18.5. The maximum Gasteiger partial charge on any atom is 0.148 e. The number of aryl methyl sites for hydroxylation is 2. The first kappa shape index (κ1) is 23.6. The van der Waals surface area contributed by atoms with Gasteiger partial charge < -0.3 is 0 Å². The van der Waals surface area contributed by atoms with Crippen molar-refractivity contribution in [2.45, 2.75) is 26.7 Å². The molecule has 0 saturated heterocycles. The molecule has 3 aromatic carbocycles. The molecule has 170 valence electrons. The van der Waals surface area contributed by atoms with Gasteiger partial charge in [0.2, 0.25) is 0 Å². The standard InChI is InChI=1S/C27H25ClO4S/c1-3-20-10-14-23(15-11-20)26-18-25(22-8-6-5-7-9-22)19-27(33(26)32-28(29,30)31)24-16-12-21(4-2)13-17-24/h5-19H,3-4H2,1-2H3. The van der Waals surface area contributed by atoms with Crippen molar-refractivity contribution in [2.24, 2.45) is 0 Å². The lowest BCUT2D eigenvalue weighted by Crippen LogP contribution is -2.60. The Hall–Kier alpha value is -2.51. The lowest BCUT2D eigenvalue weighted by molar-refractivity contribution is -1.91. The molecule has 0 fully saturated rings. The first-order valence-electron chi connectivity index (χ1n) is 10.8. The molecule has 0 bridgehead atoms. The minimum absolute atomic E-state index is 0.653. The van der Waals surface area contributed by atoms with Crippen LogP contribution in [0.2, 0.25) is 0 Å². The van der Waals surface area contributed by atoms with Crippen LogP contribution in [0.1, 0.15) is 41.7 Å². The molecule has 0 aliphatic carbocycles. The molecule has 33 heavy (non-hydrogen) atoms. The smallest absolute Gasteiger partial charge is 0.148 e. The molecule has 1 heterocycles. The molecule has 0 saturated carbocycles. The number of halogens is 1. The molecule has 0 aromatic heterocycles. The average Bonchev–Trinajstić information content (AvgIpc) is 2.84. The fourth-order valence-corrected chi connectivity index (χ4v) is 6.25. The van der Waals surface area contributed by atoms with Crippen molar-refractivity contribution in [1.82, 2.24) is 0 Å². The Balaban J connectivity index is 1.95. The van der Waals surface area contributed by atoms with Crippen LogP contribution >= 0.6 is 10.8 Å². The van der Waals surface area contributed by atoms with E-state index >= 15 is 0 Å². The van der Waals surface area contributed by atoms with Gasteiger partial charge in [-0.2, -0.15) is 14.0 Å². The van der Waals surface area contributed by atoms with Crippen molar-refractivity contribution < 1.29 is 28.0 Å². The van der Waals surface area contributed by atoms with Crippen LogP contribution in [0.15, 0.2) is 91.0 Å². The molecule has 6 heteroatoms. The Morgan fingerprint density at radius 3 is 1.73 bits per heavy atom. The van der Waals surface area contributed by atoms with E-state index in [4.69, 9.17) is 3.74 Å². The van der Waals surface area contributed by atoms with Crippen LogP contribution in [-0.4, -0.2) is 4.86 Å². The number of hydrogen-bond acceptors (Lipinski definition) is 4. The minimum Gasteiger partial charge on any atom is -0.182 e. The highest BCUT2D eigenvalue weighted by Crippen LogP contribution is 2.45. The van der Waals surface area contributed by atoms with Crippen LogP contribution in [0.4, 0.5) is 0 Å². The highest BCUT2D eigenvalue weighted by Gasteiger charge is 2.31. The van der Waals surface area contributed by atoms with Gasteiger partial charge in [-0.3, -0.25) is 0 Å². The number of hydrogen-bond donors (Lipinski definition) is 0. The molecule has 0 spiro atoms. The Bertz CT molecular complexity index is 1210. The molecule has 1 atom stereocenters. The van der Waals surface area contributed by atoms with Crippen molar-refractivity contribution in [3.63, 3.8) is 0 Å². The van der Waals surface area contributed by atoms with Gasteiger partial charge in [-0.05, 0) is 58.4 Å². The molecule has 4 rings (SSSR count). The maximum atomic E-state index is 11.7. The third kappa shape index (κ3) is 5.71. The summed E-state index contributed by atoms with van der Waals surface area (Å²) in [4.78, 5) is 1.31. The molecule has 0 amide bonds. The monoisotopic (exact) mass is 480 g/mol. The van der Waals surface area contributed by atoms with Crippen molar-refractivity contribution in [3.8, 4) is 0 Å². The fourth-order valence-electron chi connectivity index (χ4n) is 3.68.